The maximum atomic E-state index is 11.9. The van der Waals surface area contributed by atoms with E-state index >= 15 is 0 Å². The van der Waals surface area contributed by atoms with Crippen LogP contribution in [0.2, 0.25) is 0 Å². The number of benzene rings is 1. The molecule has 0 saturated carbocycles. The molecule has 0 spiro atoms. The van der Waals surface area contributed by atoms with Crippen molar-refractivity contribution in [1.29, 1.82) is 0 Å². The van der Waals surface area contributed by atoms with Gasteiger partial charge in [0.15, 0.2) is 0 Å². The average molecular weight is 145 g/mol. The summed E-state index contributed by atoms with van der Waals surface area (Å²) in [5, 5.41) is 0. The van der Waals surface area contributed by atoms with Crippen molar-refractivity contribution in [3.8, 4) is 0 Å². The zero-order chi connectivity index (χ0) is 7.98. The fourth-order valence-corrected chi connectivity index (χ4v) is 0.460. The van der Waals surface area contributed by atoms with Crippen LogP contribution in [-0.2, 0) is 0 Å². The quantitative estimate of drug-likeness (QED) is 0.588. The van der Waals surface area contributed by atoms with Crippen LogP contribution in [0.4, 0.5) is 8.78 Å². The third-order valence-electron chi connectivity index (χ3n) is 0.787. The summed E-state index contributed by atoms with van der Waals surface area (Å²) >= 11 is 0. The van der Waals surface area contributed by atoms with E-state index in [1.807, 2.05) is 0 Å². The van der Waals surface area contributed by atoms with Crippen molar-refractivity contribution < 1.29 is 8.78 Å². The maximum absolute atomic E-state index is 11.9. The van der Waals surface area contributed by atoms with E-state index in [4.69, 9.17) is 0 Å². The normalized spacial score (nSPS) is 8.00. The molecular weight excluding hydrogens is 136 g/mol. The summed E-state index contributed by atoms with van der Waals surface area (Å²) in [6, 6.07) is 4.55. The van der Waals surface area contributed by atoms with E-state index in [1.165, 1.54) is 25.2 Å². The predicted molar refractivity (Wildman–Crippen MR) is 36.5 cm³/mol. The average Bonchev–Trinajstić information content (AvgIpc) is 1.91. The fraction of sp³-hybridized carbons (Fsp3) is 0.143. The predicted octanol–water partition coefficient (Wildman–Crippen LogP) is 1.54. The topological polar surface area (TPSA) is 26.0 Å². The van der Waals surface area contributed by atoms with E-state index in [-0.39, 0.29) is 0 Å². The molecule has 0 aliphatic carbocycles. The van der Waals surface area contributed by atoms with Crippen LogP contribution in [0.15, 0.2) is 24.3 Å². The molecule has 3 heteroatoms. The first kappa shape index (κ1) is 9.04. The van der Waals surface area contributed by atoms with Gasteiger partial charge in [-0.05, 0) is 19.2 Å². The van der Waals surface area contributed by atoms with Crippen molar-refractivity contribution >= 4 is 0 Å². The maximum Gasteiger partial charge on any atom is 0.126 e. The van der Waals surface area contributed by atoms with E-state index in [0.29, 0.717) is 0 Å². The lowest BCUT2D eigenvalue weighted by Gasteiger charge is -1.84. The van der Waals surface area contributed by atoms with Crippen molar-refractivity contribution in [3.05, 3.63) is 35.9 Å². The minimum absolute atomic E-state index is 0.537. The summed E-state index contributed by atoms with van der Waals surface area (Å²) in [6.07, 6.45) is 0. The highest BCUT2D eigenvalue weighted by Gasteiger charge is 1.88. The first-order chi connectivity index (χ1) is 4.79. The summed E-state index contributed by atoms with van der Waals surface area (Å²) < 4.78 is 23.9. The molecule has 0 amide bonds. The Kier molecular flexibility index (Phi) is 4.41. The van der Waals surface area contributed by atoms with Crippen LogP contribution < -0.4 is 5.73 Å². The number of nitrogens with two attached hydrogens (primary N) is 1. The first-order valence-electron chi connectivity index (χ1n) is 2.78. The molecule has 0 bridgehead atoms. The van der Waals surface area contributed by atoms with E-state index in [0.717, 1.165) is 6.07 Å². The molecule has 1 aromatic carbocycles. The van der Waals surface area contributed by atoms with Crippen molar-refractivity contribution in [1.82, 2.24) is 0 Å². The molecule has 0 heterocycles. The van der Waals surface area contributed by atoms with Gasteiger partial charge in [0.25, 0.3) is 0 Å². The zero-order valence-corrected chi connectivity index (χ0v) is 5.64. The van der Waals surface area contributed by atoms with Gasteiger partial charge in [-0.25, -0.2) is 8.78 Å². The molecule has 0 radical (unpaired) electrons. The molecule has 1 aromatic rings. The molecule has 56 valence electrons. The van der Waals surface area contributed by atoms with Crippen LogP contribution in [0, 0.1) is 11.6 Å². The van der Waals surface area contributed by atoms with Gasteiger partial charge >= 0.3 is 0 Å². The lowest BCUT2D eigenvalue weighted by atomic mass is 10.3. The number of halogens is 2. The summed E-state index contributed by atoms with van der Waals surface area (Å²) in [6.45, 7) is 0. The fourth-order valence-electron chi connectivity index (χ4n) is 0.460. The SMILES string of the molecule is CN.Fc1cccc(F)c1. The summed E-state index contributed by atoms with van der Waals surface area (Å²) in [5.41, 5.74) is 4.50. The summed E-state index contributed by atoms with van der Waals surface area (Å²) in [7, 11) is 1.50. The Balaban J connectivity index is 0.000000371. The zero-order valence-electron chi connectivity index (χ0n) is 5.64. The Morgan fingerprint density at radius 1 is 1.10 bits per heavy atom. The second kappa shape index (κ2) is 4.88. The molecule has 0 aliphatic heterocycles. The molecule has 0 atom stereocenters. The smallest absolute Gasteiger partial charge is 0.126 e. The molecular formula is C7H9F2N. The largest absolute Gasteiger partial charge is 0.333 e. The molecule has 0 aromatic heterocycles. The molecule has 0 aliphatic rings. The second-order valence-corrected chi connectivity index (χ2v) is 1.44. The van der Waals surface area contributed by atoms with Crippen LogP contribution in [0.3, 0.4) is 0 Å². The Morgan fingerprint density at radius 2 is 1.50 bits per heavy atom. The van der Waals surface area contributed by atoms with E-state index < -0.39 is 11.6 Å². The van der Waals surface area contributed by atoms with Crippen LogP contribution in [0.1, 0.15) is 0 Å². The lowest BCUT2D eigenvalue weighted by Crippen LogP contribution is -1.73. The Bertz CT molecular complexity index is 171. The van der Waals surface area contributed by atoms with Crippen molar-refractivity contribution in [2.45, 2.75) is 0 Å². The van der Waals surface area contributed by atoms with E-state index in [9.17, 15) is 8.78 Å². The van der Waals surface area contributed by atoms with Crippen LogP contribution in [0.5, 0.6) is 0 Å². The minimum Gasteiger partial charge on any atom is -0.333 e. The highest BCUT2D eigenvalue weighted by atomic mass is 19.1. The van der Waals surface area contributed by atoms with Gasteiger partial charge in [0.2, 0.25) is 0 Å². The Hall–Kier alpha value is -0.960. The Labute approximate surface area is 58.5 Å². The van der Waals surface area contributed by atoms with Gasteiger partial charge in [0.05, 0.1) is 0 Å². The standard InChI is InChI=1S/C6H4F2.CH5N/c7-5-2-1-3-6(8)4-5;1-2/h1-4H;2H2,1H3. The van der Waals surface area contributed by atoms with Gasteiger partial charge in [0.1, 0.15) is 11.6 Å². The molecule has 10 heavy (non-hydrogen) atoms. The van der Waals surface area contributed by atoms with Crippen LogP contribution >= 0.6 is 0 Å². The number of hydrogen-bond acceptors (Lipinski definition) is 1. The van der Waals surface area contributed by atoms with Gasteiger partial charge in [-0.3, -0.25) is 0 Å². The molecule has 1 rings (SSSR count). The molecule has 0 fully saturated rings. The van der Waals surface area contributed by atoms with Crippen LogP contribution in [0.25, 0.3) is 0 Å². The highest BCUT2D eigenvalue weighted by Crippen LogP contribution is 1.99. The van der Waals surface area contributed by atoms with E-state index in [2.05, 4.69) is 5.73 Å². The van der Waals surface area contributed by atoms with Crippen molar-refractivity contribution in [2.24, 2.45) is 5.73 Å². The summed E-state index contributed by atoms with van der Waals surface area (Å²) in [5.74, 6) is -1.07. The number of hydrogen-bond donors (Lipinski definition) is 1. The third-order valence-corrected chi connectivity index (χ3v) is 0.787. The summed E-state index contributed by atoms with van der Waals surface area (Å²) in [4.78, 5) is 0. The molecule has 0 saturated heterocycles. The second-order valence-electron chi connectivity index (χ2n) is 1.44. The third kappa shape index (κ3) is 3.14. The first-order valence-corrected chi connectivity index (χ1v) is 2.78. The molecule has 0 unspecified atom stereocenters. The van der Waals surface area contributed by atoms with Gasteiger partial charge < -0.3 is 5.73 Å². The molecule has 1 nitrogen and oxygen atoms in total. The molecule has 2 N–H and O–H groups in total. The highest BCUT2D eigenvalue weighted by molar-refractivity contribution is 5.04. The van der Waals surface area contributed by atoms with Gasteiger partial charge in [0, 0.05) is 6.07 Å². The van der Waals surface area contributed by atoms with Crippen molar-refractivity contribution in [2.75, 3.05) is 7.05 Å². The number of rotatable bonds is 0. The Morgan fingerprint density at radius 3 is 1.70 bits per heavy atom. The minimum atomic E-state index is -0.537. The lowest BCUT2D eigenvalue weighted by molar-refractivity contribution is 0.583. The van der Waals surface area contributed by atoms with Gasteiger partial charge in [-0.15, -0.1) is 0 Å². The van der Waals surface area contributed by atoms with Crippen LogP contribution in [-0.4, -0.2) is 7.05 Å². The van der Waals surface area contributed by atoms with Gasteiger partial charge in [-0.1, -0.05) is 6.07 Å². The monoisotopic (exact) mass is 145 g/mol. The van der Waals surface area contributed by atoms with Crippen molar-refractivity contribution in [3.63, 3.8) is 0 Å². The van der Waals surface area contributed by atoms with Gasteiger partial charge in [-0.2, -0.15) is 0 Å². The van der Waals surface area contributed by atoms with E-state index in [1.54, 1.807) is 0 Å².